The Bertz CT molecular complexity index is 1090. The first-order chi connectivity index (χ1) is 12.1. The number of halogens is 3. The minimum Gasteiger partial charge on any atom is -0.303 e. The third-order valence-electron chi connectivity index (χ3n) is 3.81. The van der Waals surface area contributed by atoms with E-state index in [-0.39, 0.29) is 28.5 Å². The molecule has 0 N–H and O–H groups in total. The van der Waals surface area contributed by atoms with Crippen LogP contribution in [0.3, 0.4) is 0 Å². The highest BCUT2D eigenvalue weighted by Gasteiger charge is 2.25. The highest BCUT2D eigenvalue weighted by atomic mass is 35.5. The summed E-state index contributed by atoms with van der Waals surface area (Å²) in [6.07, 6.45) is 3.05. The second kappa shape index (κ2) is 6.06. The van der Waals surface area contributed by atoms with E-state index in [9.17, 15) is 9.18 Å². The summed E-state index contributed by atoms with van der Waals surface area (Å²) in [5.74, 6) is -0.116. The van der Waals surface area contributed by atoms with Crippen molar-refractivity contribution in [2.75, 3.05) is 0 Å². The molecule has 4 rings (SSSR count). The van der Waals surface area contributed by atoms with E-state index < -0.39 is 5.82 Å². The molecule has 0 radical (unpaired) electrons. The number of aliphatic imine (C=N–C) groups is 1. The Balaban J connectivity index is 2.09. The van der Waals surface area contributed by atoms with Crippen molar-refractivity contribution in [3.05, 3.63) is 86.0 Å². The molecular weight excluding hydrogens is 366 g/mol. The Kier molecular flexibility index (Phi) is 3.86. The number of fused-ring (bicyclic) bond motifs is 3. The van der Waals surface area contributed by atoms with Gasteiger partial charge in [0.2, 0.25) is 0 Å². The van der Waals surface area contributed by atoms with Crippen LogP contribution < -0.4 is 5.56 Å². The number of hydrogen-bond acceptors (Lipinski definition) is 4. The molecule has 0 atom stereocenters. The highest BCUT2D eigenvalue weighted by Crippen LogP contribution is 2.34. The van der Waals surface area contributed by atoms with Crippen molar-refractivity contribution in [2.45, 2.75) is 6.54 Å². The van der Waals surface area contributed by atoms with E-state index in [1.807, 2.05) is 0 Å². The van der Waals surface area contributed by atoms with Crippen molar-refractivity contribution >= 4 is 28.9 Å². The minimum atomic E-state index is -0.531. The van der Waals surface area contributed by atoms with Gasteiger partial charge in [0.25, 0.3) is 5.56 Å². The van der Waals surface area contributed by atoms with E-state index in [4.69, 9.17) is 23.2 Å². The SMILES string of the molecule is O=c1ccn2c(n1)CN=C(c1ncccc1F)c1c-2ccc(Cl)c1Cl. The topological polar surface area (TPSA) is 60.1 Å². The summed E-state index contributed by atoms with van der Waals surface area (Å²) in [6, 6.07) is 7.47. The maximum Gasteiger partial charge on any atom is 0.272 e. The molecule has 2 aromatic heterocycles. The number of nitrogens with zero attached hydrogens (tertiary/aromatic N) is 4. The fraction of sp³-hybridized carbons (Fsp3) is 0.0588. The van der Waals surface area contributed by atoms with Crippen LogP contribution in [0, 0.1) is 5.82 Å². The number of hydrogen-bond donors (Lipinski definition) is 0. The molecule has 0 unspecified atom stereocenters. The monoisotopic (exact) mass is 374 g/mol. The third kappa shape index (κ3) is 2.63. The van der Waals surface area contributed by atoms with E-state index in [0.29, 0.717) is 22.1 Å². The number of rotatable bonds is 1. The van der Waals surface area contributed by atoms with Gasteiger partial charge in [-0.2, -0.15) is 4.98 Å². The summed E-state index contributed by atoms with van der Waals surface area (Å²) in [6.45, 7) is 0.0735. The van der Waals surface area contributed by atoms with Gasteiger partial charge in [-0.25, -0.2) is 4.39 Å². The lowest BCUT2D eigenvalue weighted by molar-refractivity contribution is 0.618. The average Bonchev–Trinajstić information content (AvgIpc) is 2.76. The van der Waals surface area contributed by atoms with Gasteiger partial charge < -0.3 is 4.57 Å². The van der Waals surface area contributed by atoms with Gasteiger partial charge in [-0.3, -0.25) is 14.8 Å². The summed E-state index contributed by atoms with van der Waals surface area (Å²) >= 11 is 12.6. The lowest BCUT2D eigenvalue weighted by atomic mass is 10.0. The second-order valence-electron chi connectivity index (χ2n) is 5.31. The largest absolute Gasteiger partial charge is 0.303 e. The average molecular weight is 375 g/mol. The first-order valence-corrected chi connectivity index (χ1v) is 8.04. The number of aromatic nitrogens is 3. The van der Waals surface area contributed by atoms with Crippen molar-refractivity contribution in [1.82, 2.24) is 14.5 Å². The minimum absolute atomic E-state index is 0.0590. The standard InChI is InChI=1S/C17H9Cl2FN4O/c18-9-3-4-11-14(15(9)19)17(16-10(20)2-1-6-21-16)22-8-12-23-13(25)5-7-24(11)12/h1-7H,8H2. The van der Waals surface area contributed by atoms with E-state index in [0.717, 1.165) is 0 Å². The van der Waals surface area contributed by atoms with Gasteiger partial charge in [0, 0.05) is 24.0 Å². The Labute approximate surface area is 151 Å². The van der Waals surface area contributed by atoms with Gasteiger partial charge >= 0.3 is 0 Å². The van der Waals surface area contributed by atoms with Crippen LogP contribution in [0.5, 0.6) is 0 Å². The van der Waals surface area contributed by atoms with Crippen molar-refractivity contribution in [3.8, 4) is 5.69 Å². The van der Waals surface area contributed by atoms with E-state index in [1.54, 1.807) is 22.9 Å². The van der Waals surface area contributed by atoms with Crippen LogP contribution in [-0.4, -0.2) is 20.2 Å². The predicted octanol–water partition coefficient (Wildman–Crippen LogP) is 3.42. The lowest BCUT2D eigenvalue weighted by Crippen LogP contribution is -2.15. The summed E-state index contributed by atoms with van der Waals surface area (Å²) in [5.41, 5.74) is 0.979. The maximum absolute atomic E-state index is 14.3. The van der Waals surface area contributed by atoms with Crippen LogP contribution in [0.15, 0.2) is 52.5 Å². The van der Waals surface area contributed by atoms with Gasteiger partial charge in [0.15, 0.2) is 5.82 Å². The molecule has 1 aliphatic rings. The van der Waals surface area contributed by atoms with Crippen molar-refractivity contribution < 1.29 is 4.39 Å². The van der Waals surface area contributed by atoms with Crippen LogP contribution in [0.2, 0.25) is 10.0 Å². The second-order valence-corrected chi connectivity index (χ2v) is 6.09. The summed E-state index contributed by atoms with van der Waals surface area (Å²) in [7, 11) is 0. The molecule has 8 heteroatoms. The molecule has 3 aromatic rings. The summed E-state index contributed by atoms with van der Waals surface area (Å²) in [5, 5.41) is 0.538. The molecule has 3 heterocycles. The molecule has 0 amide bonds. The van der Waals surface area contributed by atoms with Crippen molar-refractivity contribution in [3.63, 3.8) is 0 Å². The maximum atomic E-state index is 14.3. The van der Waals surface area contributed by atoms with E-state index in [2.05, 4.69) is 15.0 Å². The predicted molar refractivity (Wildman–Crippen MR) is 93.4 cm³/mol. The zero-order valence-electron chi connectivity index (χ0n) is 12.6. The van der Waals surface area contributed by atoms with Crippen LogP contribution in [-0.2, 0) is 6.54 Å². The molecule has 1 aliphatic heterocycles. The zero-order valence-corrected chi connectivity index (χ0v) is 14.1. The van der Waals surface area contributed by atoms with Crippen LogP contribution in [0.4, 0.5) is 4.39 Å². The number of benzene rings is 1. The van der Waals surface area contributed by atoms with Gasteiger partial charge in [-0.05, 0) is 24.3 Å². The fourth-order valence-corrected chi connectivity index (χ4v) is 3.13. The van der Waals surface area contributed by atoms with E-state index >= 15 is 0 Å². The molecular formula is C17H9Cl2FN4O. The molecule has 0 fully saturated rings. The van der Waals surface area contributed by atoms with Gasteiger partial charge in [-0.1, -0.05) is 23.2 Å². The molecule has 0 saturated carbocycles. The van der Waals surface area contributed by atoms with Gasteiger partial charge in [0.05, 0.1) is 28.0 Å². The molecule has 5 nitrogen and oxygen atoms in total. The normalized spacial score (nSPS) is 12.8. The molecule has 0 aliphatic carbocycles. The Morgan fingerprint density at radius 1 is 1.16 bits per heavy atom. The van der Waals surface area contributed by atoms with Gasteiger partial charge in [-0.15, -0.1) is 0 Å². The molecule has 0 bridgehead atoms. The Morgan fingerprint density at radius 2 is 2.00 bits per heavy atom. The molecule has 25 heavy (non-hydrogen) atoms. The quantitative estimate of drug-likeness (QED) is 0.655. The van der Waals surface area contributed by atoms with E-state index in [1.165, 1.54) is 24.4 Å². The fourth-order valence-electron chi connectivity index (χ4n) is 2.72. The van der Waals surface area contributed by atoms with Gasteiger partial charge in [0.1, 0.15) is 11.5 Å². The first-order valence-electron chi connectivity index (χ1n) is 7.29. The Hall–Kier alpha value is -2.57. The first kappa shape index (κ1) is 15.9. The molecule has 0 saturated heterocycles. The van der Waals surface area contributed by atoms with Crippen molar-refractivity contribution in [2.24, 2.45) is 4.99 Å². The summed E-state index contributed by atoms with van der Waals surface area (Å²) in [4.78, 5) is 24.1. The summed E-state index contributed by atoms with van der Waals surface area (Å²) < 4.78 is 16.0. The lowest BCUT2D eigenvalue weighted by Gasteiger charge is -2.15. The van der Waals surface area contributed by atoms with Crippen LogP contribution in [0.25, 0.3) is 5.69 Å². The Morgan fingerprint density at radius 3 is 2.80 bits per heavy atom. The highest BCUT2D eigenvalue weighted by molar-refractivity contribution is 6.45. The third-order valence-corrected chi connectivity index (χ3v) is 4.62. The van der Waals surface area contributed by atoms with Crippen LogP contribution >= 0.6 is 23.2 Å². The molecule has 0 spiro atoms. The van der Waals surface area contributed by atoms with Crippen LogP contribution in [0.1, 0.15) is 17.1 Å². The molecule has 1 aromatic carbocycles. The molecule has 124 valence electrons. The number of pyridine rings is 1. The van der Waals surface area contributed by atoms with Crippen molar-refractivity contribution in [1.29, 1.82) is 0 Å². The zero-order chi connectivity index (χ0) is 17.6. The smallest absolute Gasteiger partial charge is 0.272 e.